The standard InChI is InChI=1S/C13H16O3/c1-2-11(13(15)16)9-12(14)8-10-6-4-3-5-7-10/h3-7,11H,2,8-9H2,1H3,(H,15,16). The first kappa shape index (κ1) is 12.4. The number of ketones is 1. The molecule has 0 spiro atoms. The van der Waals surface area contributed by atoms with Crippen LogP contribution in [0.3, 0.4) is 0 Å². The van der Waals surface area contributed by atoms with Crippen molar-refractivity contribution in [2.75, 3.05) is 0 Å². The first-order valence-corrected chi connectivity index (χ1v) is 5.42. The van der Waals surface area contributed by atoms with Gasteiger partial charge in [0, 0.05) is 12.8 Å². The Morgan fingerprint density at radius 3 is 2.38 bits per heavy atom. The molecule has 1 rings (SSSR count). The number of benzene rings is 1. The van der Waals surface area contributed by atoms with Crippen LogP contribution < -0.4 is 0 Å². The lowest BCUT2D eigenvalue weighted by atomic mass is 9.96. The van der Waals surface area contributed by atoms with Crippen LogP contribution in [0.4, 0.5) is 0 Å². The lowest BCUT2D eigenvalue weighted by Gasteiger charge is -2.08. The Hall–Kier alpha value is -1.64. The number of carbonyl (C=O) groups is 2. The van der Waals surface area contributed by atoms with Crippen molar-refractivity contribution in [2.24, 2.45) is 5.92 Å². The molecule has 1 N–H and O–H groups in total. The maximum absolute atomic E-state index is 11.6. The second-order valence-electron chi connectivity index (χ2n) is 3.85. The monoisotopic (exact) mass is 220 g/mol. The lowest BCUT2D eigenvalue weighted by molar-refractivity contribution is -0.143. The molecule has 0 fully saturated rings. The minimum absolute atomic E-state index is 0.0135. The second kappa shape index (κ2) is 6.05. The maximum atomic E-state index is 11.6. The summed E-state index contributed by atoms with van der Waals surface area (Å²) >= 11 is 0. The van der Waals surface area contributed by atoms with Crippen LogP contribution in [-0.2, 0) is 16.0 Å². The first-order valence-electron chi connectivity index (χ1n) is 5.42. The van der Waals surface area contributed by atoms with Crippen LogP contribution in [-0.4, -0.2) is 16.9 Å². The first-order chi connectivity index (χ1) is 7.63. The number of carboxylic acid groups (broad SMARTS) is 1. The van der Waals surface area contributed by atoms with Gasteiger partial charge in [-0.2, -0.15) is 0 Å². The summed E-state index contributed by atoms with van der Waals surface area (Å²) in [4.78, 5) is 22.4. The van der Waals surface area contributed by atoms with E-state index in [2.05, 4.69) is 0 Å². The number of Topliss-reactive ketones (excluding diaryl/α,β-unsaturated/α-hetero) is 1. The van der Waals surface area contributed by atoms with Crippen LogP contribution in [0, 0.1) is 5.92 Å². The summed E-state index contributed by atoms with van der Waals surface area (Å²) in [6.07, 6.45) is 0.946. The Balaban J connectivity index is 2.50. The van der Waals surface area contributed by atoms with E-state index < -0.39 is 11.9 Å². The van der Waals surface area contributed by atoms with E-state index in [0.29, 0.717) is 12.8 Å². The minimum atomic E-state index is -0.885. The summed E-state index contributed by atoms with van der Waals surface area (Å²) in [6, 6.07) is 9.38. The molecule has 0 aliphatic rings. The minimum Gasteiger partial charge on any atom is -0.481 e. The van der Waals surface area contributed by atoms with E-state index in [-0.39, 0.29) is 12.2 Å². The highest BCUT2D eigenvalue weighted by atomic mass is 16.4. The van der Waals surface area contributed by atoms with Gasteiger partial charge in [-0.1, -0.05) is 37.3 Å². The van der Waals surface area contributed by atoms with E-state index in [4.69, 9.17) is 5.11 Å². The zero-order valence-corrected chi connectivity index (χ0v) is 9.35. The van der Waals surface area contributed by atoms with Crippen molar-refractivity contribution >= 4 is 11.8 Å². The van der Waals surface area contributed by atoms with Crippen LogP contribution in [0.5, 0.6) is 0 Å². The average Bonchev–Trinajstić information content (AvgIpc) is 2.27. The van der Waals surface area contributed by atoms with Gasteiger partial charge in [-0.15, -0.1) is 0 Å². The molecule has 16 heavy (non-hydrogen) atoms. The molecule has 0 heterocycles. The predicted octanol–water partition coefficient (Wildman–Crippen LogP) is 2.30. The normalized spacial score (nSPS) is 12.1. The molecule has 1 unspecified atom stereocenters. The molecule has 3 nitrogen and oxygen atoms in total. The highest BCUT2D eigenvalue weighted by Crippen LogP contribution is 2.11. The van der Waals surface area contributed by atoms with Crippen molar-refractivity contribution in [3.8, 4) is 0 Å². The highest BCUT2D eigenvalue weighted by Gasteiger charge is 2.18. The van der Waals surface area contributed by atoms with Crippen LogP contribution in [0.2, 0.25) is 0 Å². The lowest BCUT2D eigenvalue weighted by Crippen LogP contribution is -2.18. The third-order valence-corrected chi connectivity index (χ3v) is 2.56. The fraction of sp³-hybridized carbons (Fsp3) is 0.385. The molecule has 0 bridgehead atoms. The molecule has 0 radical (unpaired) electrons. The molecule has 3 heteroatoms. The molecule has 1 aromatic carbocycles. The van der Waals surface area contributed by atoms with Crippen molar-refractivity contribution in [2.45, 2.75) is 26.2 Å². The van der Waals surface area contributed by atoms with Crippen molar-refractivity contribution in [1.29, 1.82) is 0 Å². The maximum Gasteiger partial charge on any atom is 0.306 e. The summed E-state index contributed by atoms with van der Waals surface area (Å²) in [7, 11) is 0. The largest absolute Gasteiger partial charge is 0.481 e. The molecule has 0 aliphatic heterocycles. The molecule has 0 aliphatic carbocycles. The van der Waals surface area contributed by atoms with Gasteiger partial charge in [-0.05, 0) is 12.0 Å². The van der Waals surface area contributed by atoms with E-state index in [1.54, 1.807) is 6.92 Å². The van der Waals surface area contributed by atoms with E-state index in [1.807, 2.05) is 30.3 Å². The van der Waals surface area contributed by atoms with Crippen molar-refractivity contribution in [3.63, 3.8) is 0 Å². The topological polar surface area (TPSA) is 54.4 Å². The van der Waals surface area contributed by atoms with Gasteiger partial charge in [0.15, 0.2) is 0 Å². The molecule has 1 aromatic rings. The SMILES string of the molecule is CCC(CC(=O)Cc1ccccc1)C(=O)O. The Morgan fingerprint density at radius 2 is 1.88 bits per heavy atom. The number of carboxylic acids is 1. The highest BCUT2D eigenvalue weighted by molar-refractivity contribution is 5.85. The third-order valence-electron chi connectivity index (χ3n) is 2.56. The van der Waals surface area contributed by atoms with Crippen LogP contribution in [0.1, 0.15) is 25.3 Å². The summed E-state index contributed by atoms with van der Waals surface area (Å²) in [5, 5.41) is 8.84. The smallest absolute Gasteiger partial charge is 0.306 e. The molecule has 0 saturated heterocycles. The van der Waals surface area contributed by atoms with Crippen molar-refractivity contribution < 1.29 is 14.7 Å². The van der Waals surface area contributed by atoms with Gasteiger partial charge in [0.1, 0.15) is 5.78 Å². The Morgan fingerprint density at radius 1 is 1.25 bits per heavy atom. The van der Waals surface area contributed by atoms with Crippen LogP contribution in [0.25, 0.3) is 0 Å². The summed E-state index contributed by atoms with van der Waals surface area (Å²) in [6.45, 7) is 1.79. The van der Waals surface area contributed by atoms with Gasteiger partial charge >= 0.3 is 5.97 Å². The average molecular weight is 220 g/mol. The number of hydrogen-bond donors (Lipinski definition) is 1. The Labute approximate surface area is 95.1 Å². The molecule has 1 atom stereocenters. The number of carbonyl (C=O) groups excluding carboxylic acids is 1. The summed E-state index contributed by atoms with van der Waals surface area (Å²) in [5.74, 6) is -1.44. The summed E-state index contributed by atoms with van der Waals surface area (Å²) in [5.41, 5.74) is 0.938. The van der Waals surface area contributed by atoms with E-state index in [0.717, 1.165) is 5.56 Å². The van der Waals surface area contributed by atoms with Gasteiger partial charge in [-0.3, -0.25) is 9.59 Å². The van der Waals surface area contributed by atoms with Crippen LogP contribution in [0.15, 0.2) is 30.3 Å². The molecule has 0 saturated carbocycles. The molecule has 0 amide bonds. The van der Waals surface area contributed by atoms with Crippen molar-refractivity contribution in [1.82, 2.24) is 0 Å². The number of rotatable bonds is 6. The number of aliphatic carboxylic acids is 1. The fourth-order valence-corrected chi connectivity index (χ4v) is 1.58. The predicted molar refractivity (Wildman–Crippen MR) is 61.2 cm³/mol. The van der Waals surface area contributed by atoms with E-state index >= 15 is 0 Å². The zero-order valence-electron chi connectivity index (χ0n) is 9.35. The van der Waals surface area contributed by atoms with E-state index in [1.165, 1.54) is 0 Å². The quantitative estimate of drug-likeness (QED) is 0.800. The zero-order chi connectivity index (χ0) is 12.0. The number of hydrogen-bond acceptors (Lipinski definition) is 2. The fourth-order valence-electron chi connectivity index (χ4n) is 1.58. The molecule has 86 valence electrons. The molecular weight excluding hydrogens is 204 g/mol. The second-order valence-corrected chi connectivity index (χ2v) is 3.85. The van der Waals surface area contributed by atoms with Gasteiger partial charge in [-0.25, -0.2) is 0 Å². The van der Waals surface area contributed by atoms with Crippen molar-refractivity contribution in [3.05, 3.63) is 35.9 Å². The summed E-state index contributed by atoms with van der Waals surface area (Å²) < 4.78 is 0. The van der Waals surface area contributed by atoms with Gasteiger partial charge < -0.3 is 5.11 Å². The Bertz CT molecular complexity index is 357. The Kier molecular flexibility index (Phi) is 4.70. The van der Waals surface area contributed by atoms with Gasteiger partial charge in [0.2, 0.25) is 0 Å². The molecular formula is C13H16O3. The van der Waals surface area contributed by atoms with E-state index in [9.17, 15) is 9.59 Å². The molecule has 0 aromatic heterocycles. The van der Waals surface area contributed by atoms with Gasteiger partial charge in [0.05, 0.1) is 5.92 Å². The third kappa shape index (κ3) is 3.85. The van der Waals surface area contributed by atoms with Crippen LogP contribution >= 0.6 is 0 Å². The van der Waals surface area contributed by atoms with Gasteiger partial charge in [0.25, 0.3) is 0 Å².